The third-order valence-electron chi connectivity index (χ3n) is 3.85. The topological polar surface area (TPSA) is 43.4 Å². The first-order valence-corrected chi connectivity index (χ1v) is 7.70. The molecule has 25 heavy (non-hydrogen) atoms. The van der Waals surface area contributed by atoms with Gasteiger partial charge in [0.25, 0.3) is 0 Å². The summed E-state index contributed by atoms with van der Waals surface area (Å²) < 4.78 is 46.2. The van der Waals surface area contributed by atoms with Crippen molar-refractivity contribution in [1.29, 1.82) is 0 Å². The van der Waals surface area contributed by atoms with Crippen molar-refractivity contribution < 1.29 is 22.6 Å². The minimum atomic E-state index is -4.70. The summed E-state index contributed by atoms with van der Waals surface area (Å²) in [4.78, 5) is 4.28. The highest BCUT2D eigenvalue weighted by atomic mass is 35.5. The first-order valence-electron chi connectivity index (χ1n) is 7.70. The van der Waals surface area contributed by atoms with E-state index in [-0.39, 0.29) is 18.2 Å². The number of pyridine rings is 1. The van der Waals surface area contributed by atoms with Crippen molar-refractivity contribution in [2.24, 2.45) is 0 Å². The zero-order valence-electron chi connectivity index (χ0n) is 13.3. The van der Waals surface area contributed by atoms with E-state index in [2.05, 4.69) is 15.0 Å². The Morgan fingerprint density at radius 2 is 1.64 bits per heavy atom. The van der Waals surface area contributed by atoms with Gasteiger partial charge in [-0.25, -0.2) is 4.98 Å². The van der Waals surface area contributed by atoms with E-state index in [0.29, 0.717) is 17.5 Å². The summed E-state index contributed by atoms with van der Waals surface area (Å²) in [5.74, 6) is 0.990. The predicted molar refractivity (Wildman–Crippen MR) is 89.5 cm³/mol. The summed E-state index contributed by atoms with van der Waals surface area (Å²) in [7, 11) is 0. The lowest BCUT2D eigenvalue weighted by Gasteiger charge is -2.24. The molecule has 2 heterocycles. The number of ether oxygens (including phenoxy) is 2. The summed E-state index contributed by atoms with van der Waals surface area (Å²) >= 11 is 0. The lowest BCUT2D eigenvalue weighted by molar-refractivity contribution is -0.274. The number of nitrogens with one attached hydrogen (secondary N) is 1. The Balaban J connectivity index is 0.00000225. The van der Waals surface area contributed by atoms with Crippen LogP contribution >= 0.6 is 12.4 Å². The van der Waals surface area contributed by atoms with Crippen LogP contribution in [0.25, 0.3) is 0 Å². The minimum absolute atomic E-state index is 0. The number of halogens is 4. The lowest BCUT2D eigenvalue weighted by Crippen LogP contribution is -2.26. The fraction of sp³-hybridized carbons (Fsp3) is 0.353. The second kappa shape index (κ2) is 8.40. The number of aromatic nitrogens is 1. The molecular weight excluding hydrogens is 357 g/mol. The van der Waals surface area contributed by atoms with Crippen LogP contribution in [0.3, 0.4) is 0 Å². The smallest absolute Gasteiger partial charge is 0.439 e. The molecule has 1 aromatic heterocycles. The summed E-state index contributed by atoms with van der Waals surface area (Å²) in [5.41, 5.74) is 1.02. The average Bonchev–Trinajstić information content (AvgIpc) is 2.57. The number of benzene rings is 1. The third-order valence-corrected chi connectivity index (χ3v) is 3.85. The molecule has 136 valence electrons. The third kappa shape index (κ3) is 5.51. The molecule has 1 saturated heterocycles. The normalized spacial score (nSPS) is 15.3. The van der Waals surface area contributed by atoms with Gasteiger partial charge < -0.3 is 14.8 Å². The Bertz CT molecular complexity index is 674. The number of hydrogen-bond donors (Lipinski definition) is 1. The molecule has 1 aromatic carbocycles. The molecular formula is C17H18ClF3N2O2. The van der Waals surface area contributed by atoms with Crippen molar-refractivity contribution in [3.8, 4) is 17.4 Å². The number of piperidine rings is 1. The molecule has 0 spiro atoms. The first-order chi connectivity index (χ1) is 11.5. The van der Waals surface area contributed by atoms with Gasteiger partial charge >= 0.3 is 6.36 Å². The maximum absolute atomic E-state index is 12.2. The second-order valence-corrected chi connectivity index (χ2v) is 5.54. The van der Waals surface area contributed by atoms with Gasteiger partial charge in [0.2, 0.25) is 5.88 Å². The lowest BCUT2D eigenvalue weighted by atomic mass is 9.91. The summed E-state index contributed by atoms with van der Waals surface area (Å²) in [5, 5.41) is 3.31. The molecule has 0 aliphatic carbocycles. The van der Waals surface area contributed by atoms with Gasteiger partial charge in [0.15, 0.2) is 0 Å². The summed E-state index contributed by atoms with van der Waals surface area (Å²) in [6.07, 6.45) is -1.06. The van der Waals surface area contributed by atoms with Crippen LogP contribution in [0, 0.1) is 0 Å². The van der Waals surface area contributed by atoms with Gasteiger partial charge in [-0.3, -0.25) is 0 Å². The van der Waals surface area contributed by atoms with Gasteiger partial charge in [-0.05, 0) is 62.2 Å². The Morgan fingerprint density at radius 1 is 1.00 bits per heavy atom. The molecule has 0 atom stereocenters. The van der Waals surface area contributed by atoms with E-state index in [1.54, 1.807) is 6.20 Å². The minimum Gasteiger partial charge on any atom is -0.439 e. The van der Waals surface area contributed by atoms with Crippen LogP contribution in [0.2, 0.25) is 0 Å². The fourth-order valence-electron chi connectivity index (χ4n) is 2.75. The van der Waals surface area contributed by atoms with Gasteiger partial charge in [-0.2, -0.15) is 0 Å². The molecule has 3 rings (SSSR count). The fourth-order valence-corrected chi connectivity index (χ4v) is 2.75. The van der Waals surface area contributed by atoms with Crippen molar-refractivity contribution in [3.63, 3.8) is 0 Å². The van der Waals surface area contributed by atoms with Crippen LogP contribution in [-0.4, -0.2) is 24.4 Å². The van der Waals surface area contributed by atoms with Crippen molar-refractivity contribution in [1.82, 2.24) is 10.3 Å². The summed E-state index contributed by atoms with van der Waals surface area (Å²) in [6.45, 7) is 1.89. The number of nitrogens with zero attached hydrogens (tertiary/aromatic N) is 1. The van der Waals surface area contributed by atoms with E-state index in [9.17, 15) is 13.2 Å². The number of hydrogen-bond acceptors (Lipinski definition) is 4. The number of rotatable bonds is 4. The average molecular weight is 375 g/mol. The molecule has 1 fully saturated rings. The summed E-state index contributed by atoms with van der Waals surface area (Å²) in [6, 6.07) is 9.15. The molecule has 8 heteroatoms. The van der Waals surface area contributed by atoms with Crippen LogP contribution < -0.4 is 14.8 Å². The second-order valence-electron chi connectivity index (χ2n) is 5.54. The molecule has 4 nitrogen and oxygen atoms in total. The standard InChI is InChI=1S/C17H17F3N2O2.ClH/c18-17(19,20)24-14-5-3-13(4-6-14)23-16-15(2-1-9-22-16)12-7-10-21-11-8-12;/h1-6,9,12,21H,7-8,10-11H2;1H. The Labute approximate surface area is 149 Å². The Morgan fingerprint density at radius 3 is 2.28 bits per heavy atom. The van der Waals surface area contributed by atoms with E-state index in [4.69, 9.17) is 4.74 Å². The highest BCUT2D eigenvalue weighted by Crippen LogP contribution is 2.34. The Kier molecular flexibility index (Phi) is 6.50. The van der Waals surface area contributed by atoms with Crippen molar-refractivity contribution in [2.75, 3.05) is 13.1 Å². The predicted octanol–water partition coefficient (Wildman–Crippen LogP) is 4.66. The SMILES string of the molecule is Cl.FC(F)(F)Oc1ccc(Oc2ncccc2C2CCNCC2)cc1. The molecule has 0 unspecified atom stereocenters. The van der Waals surface area contributed by atoms with Gasteiger partial charge in [-0.1, -0.05) is 6.07 Å². The van der Waals surface area contributed by atoms with Crippen LogP contribution in [0.4, 0.5) is 13.2 Å². The van der Waals surface area contributed by atoms with Crippen LogP contribution in [0.1, 0.15) is 24.3 Å². The van der Waals surface area contributed by atoms with Gasteiger partial charge in [0.05, 0.1) is 0 Å². The Hall–Kier alpha value is -1.99. The van der Waals surface area contributed by atoms with Gasteiger partial charge in [0.1, 0.15) is 11.5 Å². The molecule has 1 N–H and O–H groups in total. The highest BCUT2D eigenvalue weighted by Gasteiger charge is 2.31. The van der Waals surface area contributed by atoms with Crippen LogP contribution in [0.5, 0.6) is 17.4 Å². The van der Waals surface area contributed by atoms with E-state index in [1.165, 1.54) is 24.3 Å². The van der Waals surface area contributed by atoms with Crippen LogP contribution in [0.15, 0.2) is 42.6 Å². The molecule has 1 aliphatic heterocycles. The zero-order chi connectivity index (χ0) is 17.0. The highest BCUT2D eigenvalue weighted by molar-refractivity contribution is 5.85. The molecule has 2 aromatic rings. The van der Waals surface area contributed by atoms with E-state index < -0.39 is 6.36 Å². The van der Waals surface area contributed by atoms with Gasteiger partial charge in [-0.15, -0.1) is 25.6 Å². The van der Waals surface area contributed by atoms with E-state index in [1.807, 2.05) is 12.1 Å². The maximum Gasteiger partial charge on any atom is 0.573 e. The molecule has 0 amide bonds. The monoisotopic (exact) mass is 374 g/mol. The van der Waals surface area contributed by atoms with Crippen molar-refractivity contribution in [3.05, 3.63) is 48.2 Å². The van der Waals surface area contributed by atoms with Crippen molar-refractivity contribution in [2.45, 2.75) is 25.1 Å². The molecule has 1 aliphatic rings. The quantitative estimate of drug-likeness (QED) is 0.845. The largest absolute Gasteiger partial charge is 0.573 e. The molecule has 0 radical (unpaired) electrons. The molecule has 0 saturated carbocycles. The van der Waals surface area contributed by atoms with Gasteiger partial charge in [0, 0.05) is 11.8 Å². The number of alkyl halides is 3. The van der Waals surface area contributed by atoms with E-state index >= 15 is 0 Å². The molecule has 0 bridgehead atoms. The first kappa shape index (κ1) is 19.3. The maximum atomic E-state index is 12.2. The zero-order valence-corrected chi connectivity index (χ0v) is 14.1. The van der Waals surface area contributed by atoms with Crippen LogP contribution in [-0.2, 0) is 0 Å². The van der Waals surface area contributed by atoms with E-state index in [0.717, 1.165) is 31.5 Å². The van der Waals surface area contributed by atoms with Crippen molar-refractivity contribution >= 4 is 12.4 Å².